The van der Waals surface area contributed by atoms with Gasteiger partial charge in [-0.3, -0.25) is 4.79 Å². The number of benzene rings is 2. The molecule has 0 aliphatic carbocycles. The molecule has 0 saturated heterocycles. The molecule has 150 valence electrons. The zero-order valence-corrected chi connectivity index (χ0v) is 14.7. The second-order valence-electron chi connectivity index (χ2n) is 5.53. The molecular formula is C19H18F3NO5. The van der Waals surface area contributed by atoms with Crippen molar-refractivity contribution in [2.45, 2.75) is 13.0 Å². The Bertz CT molecular complexity index is 783. The van der Waals surface area contributed by atoms with E-state index >= 15 is 0 Å². The first-order valence-corrected chi connectivity index (χ1v) is 8.27. The SMILES string of the molecule is O=C(COC(=O)COc1cccc(F)c1)NCCc1ccc(OC(F)F)cc1. The van der Waals surface area contributed by atoms with Crippen molar-refractivity contribution < 1.29 is 37.0 Å². The summed E-state index contributed by atoms with van der Waals surface area (Å²) in [5.74, 6) is -1.55. The predicted molar refractivity (Wildman–Crippen MR) is 92.6 cm³/mol. The highest BCUT2D eigenvalue weighted by Gasteiger charge is 2.09. The number of amides is 1. The van der Waals surface area contributed by atoms with Gasteiger partial charge in [-0.05, 0) is 36.2 Å². The highest BCUT2D eigenvalue weighted by atomic mass is 19.3. The highest BCUT2D eigenvalue weighted by Crippen LogP contribution is 2.15. The fourth-order valence-electron chi connectivity index (χ4n) is 2.12. The van der Waals surface area contributed by atoms with Crippen LogP contribution in [-0.2, 0) is 20.7 Å². The number of nitrogens with one attached hydrogen (secondary N) is 1. The van der Waals surface area contributed by atoms with E-state index in [-0.39, 0.29) is 18.0 Å². The average molecular weight is 397 g/mol. The van der Waals surface area contributed by atoms with E-state index in [0.717, 1.165) is 11.6 Å². The molecule has 1 N–H and O–H groups in total. The first kappa shape index (κ1) is 21.1. The molecule has 2 aromatic carbocycles. The Balaban J connectivity index is 1.61. The lowest BCUT2D eigenvalue weighted by Crippen LogP contribution is -2.31. The Morgan fingerprint density at radius 1 is 1.00 bits per heavy atom. The summed E-state index contributed by atoms with van der Waals surface area (Å²) in [6.07, 6.45) is 0.456. The summed E-state index contributed by atoms with van der Waals surface area (Å²) in [5, 5.41) is 2.56. The smallest absolute Gasteiger partial charge is 0.387 e. The number of hydrogen-bond acceptors (Lipinski definition) is 5. The van der Waals surface area contributed by atoms with Crippen molar-refractivity contribution in [3.05, 3.63) is 59.9 Å². The van der Waals surface area contributed by atoms with Crippen LogP contribution >= 0.6 is 0 Å². The van der Waals surface area contributed by atoms with Crippen LogP contribution in [0.25, 0.3) is 0 Å². The maximum atomic E-state index is 13.0. The fourth-order valence-corrected chi connectivity index (χ4v) is 2.12. The van der Waals surface area contributed by atoms with Crippen LogP contribution in [0.3, 0.4) is 0 Å². The van der Waals surface area contributed by atoms with Crippen molar-refractivity contribution in [1.29, 1.82) is 0 Å². The Morgan fingerprint density at radius 3 is 2.43 bits per heavy atom. The van der Waals surface area contributed by atoms with Crippen molar-refractivity contribution in [3.63, 3.8) is 0 Å². The summed E-state index contributed by atoms with van der Waals surface area (Å²) < 4.78 is 51.1. The Labute approximate surface area is 159 Å². The van der Waals surface area contributed by atoms with Crippen molar-refractivity contribution in [1.82, 2.24) is 5.32 Å². The first-order chi connectivity index (χ1) is 13.4. The van der Waals surface area contributed by atoms with Crippen LogP contribution in [0.15, 0.2) is 48.5 Å². The maximum Gasteiger partial charge on any atom is 0.387 e. The molecule has 1 amide bonds. The first-order valence-electron chi connectivity index (χ1n) is 8.27. The van der Waals surface area contributed by atoms with Crippen LogP contribution in [0.2, 0.25) is 0 Å². The van der Waals surface area contributed by atoms with Gasteiger partial charge in [-0.2, -0.15) is 8.78 Å². The van der Waals surface area contributed by atoms with Gasteiger partial charge in [0.2, 0.25) is 0 Å². The summed E-state index contributed by atoms with van der Waals surface area (Å²) in [6, 6.07) is 11.3. The third-order valence-corrected chi connectivity index (χ3v) is 3.40. The molecular weight excluding hydrogens is 379 g/mol. The normalized spacial score (nSPS) is 10.4. The van der Waals surface area contributed by atoms with Crippen LogP contribution in [0.1, 0.15) is 5.56 Å². The minimum Gasteiger partial charge on any atom is -0.482 e. The predicted octanol–water partition coefficient (Wildman–Crippen LogP) is 2.71. The second-order valence-corrected chi connectivity index (χ2v) is 5.53. The van der Waals surface area contributed by atoms with Gasteiger partial charge in [-0.15, -0.1) is 0 Å². The number of esters is 1. The summed E-state index contributed by atoms with van der Waals surface area (Å²) in [4.78, 5) is 23.2. The van der Waals surface area contributed by atoms with Crippen LogP contribution in [0.5, 0.6) is 11.5 Å². The van der Waals surface area contributed by atoms with E-state index in [2.05, 4.69) is 10.1 Å². The lowest BCUT2D eigenvalue weighted by Gasteiger charge is -2.08. The summed E-state index contributed by atoms with van der Waals surface area (Å²) in [6.45, 7) is -3.55. The summed E-state index contributed by atoms with van der Waals surface area (Å²) in [5.41, 5.74) is 0.808. The zero-order chi connectivity index (χ0) is 20.4. The average Bonchev–Trinajstić information content (AvgIpc) is 2.66. The highest BCUT2D eigenvalue weighted by molar-refractivity contribution is 5.80. The molecule has 0 fully saturated rings. The second kappa shape index (κ2) is 10.8. The largest absolute Gasteiger partial charge is 0.482 e. The molecule has 28 heavy (non-hydrogen) atoms. The molecule has 6 nitrogen and oxygen atoms in total. The van der Waals surface area contributed by atoms with E-state index in [1.54, 1.807) is 12.1 Å². The van der Waals surface area contributed by atoms with Gasteiger partial charge < -0.3 is 19.5 Å². The number of carbonyl (C=O) groups is 2. The molecule has 0 radical (unpaired) electrons. The van der Waals surface area contributed by atoms with Gasteiger partial charge in [0.25, 0.3) is 5.91 Å². The molecule has 0 bridgehead atoms. The summed E-state index contributed by atoms with van der Waals surface area (Å²) >= 11 is 0. The molecule has 2 rings (SSSR count). The molecule has 0 aliphatic rings. The number of ether oxygens (including phenoxy) is 3. The molecule has 0 saturated carbocycles. The number of rotatable bonds is 10. The molecule has 0 unspecified atom stereocenters. The molecule has 9 heteroatoms. The molecule has 0 aromatic heterocycles. The van der Waals surface area contributed by atoms with Crippen molar-refractivity contribution in [3.8, 4) is 11.5 Å². The van der Waals surface area contributed by atoms with E-state index < -0.39 is 37.5 Å². The van der Waals surface area contributed by atoms with Crippen LogP contribution in [-0.4, -0.2) is 38.2 Å². The van der Waals surface area contributed by atoms with Gasteiger partial charge in [0.1, 0.15) is 17.3 Å². The van der Waals surface area contributed by atoms with E-state index in [4.69, 9.17) is 9.47 Å². The Kier molecular flexibility index (Phi) is 8.13. The standard InChI is InChI=1S/C19H18F3NO5/c20-14-2-1-3-16(10-14)26-12-18(25)27-11-17(24)23-9-8-13-4-6-15(7-5-13)28-19(21)22/h1-7,10,19H,8-9,11-12H2,(H,23,24). The topological polar surface area (TPSA) is 73.9 Å². The lowest BCUT2D eigenvalue weighted by atomic mass is 10.1. The Morgan fingerprint density at radius 2 is 1.75 bits per heavy atom. The number of alkyl halides is 2. The van der Waals surface area contributed by atoms with Gasteiger partial charge in [0.15, 0.2) is 13.2 Å². The number of carbonyl (C=O) groups excluding carboxylic acids is 2. The van der Waals surface area contributed by atoms with Crippen LogP contribution < -0.4 is 14.8 Å². The monoisotopic (exact) mass is 397 g/mol. The van der Waals surface area contributed by atoms with E-state index in [0.29, 0.717) is 6.42 Å². The van der Waals surface area contributed by atoms with E-state index in [9.17, 15) is 22.8 Å². The molecule has 0 aliphatic heterocycles. The van der Waals surface area contributed by atoms with Gasteiger partial charge in [-0.1, -0.05) is 18.2 Å². The number of hydrogen-bond donors (Lipinski definition) is 1. The minimum atomic E-state index is -2.88. The number of halogens is 3. The van der Waals surface area contributed by atoms with Crippen molar-refractivity contribution in [2.75, 3.05) is 19.8 Å². The zero-order valence-electron chi connectivity index (χ0n) is 14.7. The lowest BCUT2D eigenvalue weighted by molar-refractivity contribution is -0.150. The van der Waals surface area contributed by atoms with Crippen LogP contribution in [0.4, 0.5) is 13.2 Å². The minimum absolute atomic E-state index is 0.0511. The maximum absolute atomic E-state index is 13.0. The quantitative estimate of drug-likeness (QED) is 0.624. The third kappa shape index (κ3) is 7.98. The molecule has 0 atom stereocenters. The van der Waals surface area contributed by atoms with E-state index in [1.165, 1.54) is 30.3 Å². The summed E-state index contributed by atoms with van der Waals surface area (Å²) in [7, 11) is 0. The van der Waals surface area contributed by atoms with Crippen LogP contribution in [0, 0.1) is 5.82 Å². The van der Waals surface area contributed by atoms with Gasteiger partial charge in [0, 0.05) is 12.6 Å². The Hall–Kier alpha value is -3.23. The van der Waals surface area contributed by atoms with Gasteiger partial charge >= 0.3 is 12.6 Å². The van der Waals surface area contributed by atoms with E-state index in [1.807, 2.05) is 0 Å². The fraction of sp³-hybridized carbons (Fsp3) is 0.263. The van der Waals surface area contributed by atoms with Gasteiger partial charge in [0.05, 0.1) is 0 Å². The van der Waals surface area contributed by atoms with Crippen molar-refractivity contribution >= 4 is 11.9 Å². The third-order valence-electron chi connectivity index (χ3n) is 3.40. The molecule has 0 heterocycles. The molecule has 0 spiro atoms. The van der Waals surface area contributed by atoms with Gasteiger partial charge in [-0.25, -0.2) is 9.18 Å². The van der Waals surface area contributed by atoms with Crippen molar-refractivity contribution in [2.24, 2.45) is 0 Å². The molecule has 2 aromatic rings.